The summed E-state index contributed by atoms with van der Waals surface area (Å²) >= 11 is 0. The maximum absolute atomic E-state index is 12.7. The molecule has 0 aliphatic heterocycles. The molecular weight excluding hydrogens is 309 g/mol. The summed E-state index contributed by atoms with van der Waals surface area (Å²) in [5.74, 6) is 0.0230. The van der Waals surface area contributed by atoms with Gasteiger partial charge in [-0.2, -0.15) is 13.2 Å². The molecule has 0 aliphatic carbocycles. The summed E-state index contributed by atoms with van der Waals surface area (Å²) in [4.78, 5) is 0. The Bertz CT molecular complexity index is 800. The Labute approximate surface area is 129 Å². The molecular formula is C16H11F3N2O2. The minimum atomic E-state index is -4.49. The van der Waals surface area contributed by atoms with Crippen LogP contribution in [-0.2, 0) is 6.18 Å². The number of alkyl halides is 3. The Balaban J connectivity index is 1.90. The predicted octanol–water partition coefficient (Wildman–Crippen LogP) is 3.84. The Morgan fingerprint density at radius 1 is 0.957 bits per heavy atom. The van der Waals surface area contributed by atoms with E-state index in [1.807, 2.05) is 6.07 Å². The first kappa shape index (κ1) is 15.2. The maximum atomic E-state index is 12.7. The Kier molecular flexibility index (Phi) is 3.87. The molecule has 0 fully saturated rings. The second-order valence-corrected chi connectivity index (χ2v) is 4.84. The summed E-state index contributed by atoms with van der Waals surface area (Å²) in [5.41, 5.74) is -0.164. The largest absolute Gasteiger partial charge is 0.417 e. The van der Waals surface area contributed by atoms with E-state index >= 15 is 0 Å². The SMILES string of the molecule is O[C@@H](c1cccc(C(F)(F)F)c1)c1nnc(-c2ccccc2)o1. The van der Waals surface area contributed by atoms with Gasteiger partial charge in [-0.3, -0.25) is 0 Å². The second-order valence-electron chi connectivity index (χ2n) is 4.84. The van der Waals surface area contributed by atoms with Crippen LogP contribution >= 0.6 is 0 Å². The average Bonchev–Trinajstić information content (AvgIpc) is 3.04. The fourth-order valence-electron chi connectivity index (χ4n) is 2.07. The van der Waals surface area contributed by atoms with Gasteiger partial charge in [-0.25, -0.2) is 0 Å². The molecule has 2 aromatic carbocycles. The van der Waals surface area contributed by atoms with Crippen LogP contribution in [0.25, 0.3) is 11.5 Å². The van der Waals surface area contributed by atoms with Gasteiger partial charge in [0.15, 0.2) is 6.10 Å². The minimum Gasteiger partial charge on any atom is -0.417 e. The quantitative estimate of drug-likeness (QED) is 0.796. The van der Waals surface area contributed by atoms with Crippen molar-refractivity contribution in [2.24, 2.45) is 0 Å². The van der Waals surface area contributed by atoms with Crippen molar-refractivity contribution in [2.75, 3.05) is 0 Å². The zero-order chi connectivity index (χ0) is 16.4. The van der Waals surface area contributed by atoms with E-state index in [1.165, 1.54) is 12.1 Å². The van der Waals surface area contributed by atoms with Gasteiger partial charge in [0, 0.05) is 5.56 Å². The molecule has 0 bridgehead atoms. The Morgan fingerprint density at radius 3 is 2.39 bits per heavy atom. The number of hydrogen-bond acceptors (Lipinski definition) is 4. The zero-order valence-corrected chi connectivity index (χ0v) is 11.7. The highest BCUT2D eigenvalue weighted by Crippen LogP contribution is 2.32. The van der Waals surface area contributed by atoms with E-state index in [9.17, 15) is 18.3 Å². The molecule has 0 unspecified atom stereocenters. The number of aromatic nitrogens is 2. The number of aliphatic hydroxyl groups is 1. The molecule has 1 aromatic heterocycles. The van der Waals surface area contributed by atoms with Crippen LogP contribution in [0.5, 0.6) is 0 Å². The number of halogens is 3. The van der Waals surface area contributed by atoms with Gasteiger partial charge in [-0.05, 0) is 29.8 Å². The number of aliphatic hydroxyl groups excluding tert-OH is 1. The van der Waals surface area contributed by atoms with Crippen molar-refractivity contribution >= 4 is 0 Å². The zero-order valence-electron chi connectivity index (χ0n) is 11.7. The second kappa shape index (κ2) is 5.85. The highest BCUT2D eigenvalue weighted by atomic mass is 19.4. The molecule has 0 spiro atoms. The molecule has 3 aromatic rings. The minimum absolute atomic E-state index is 0.0306. The summed E-state index contributed by atoms with van der Waals surface area (Å²) in [6.45, 7) is 0. The maximum Gasteiger partial charge on any atom is 0.416 e. The lowest BCUT2D eigenvalue weighted by atomic mass is 10.1. The van der Waals surface area contributed by atoms with Crippen LogP contribution in [0.4, 0.5) is 13.2 Å². The Morgan fingerprint density at radius 2 is 1.70 bits per heavy atom. The van der Waals surface area contributed by atoms with Gasteiger partial charge in [0.2, 0.25) is 11.8 Å². The predicted molar refractivity (Wildman–Crippen MR) is 75.2 cm³/mol. The summed E-state index contributed by atoms with van der Waals surface area (Å²) in [6, 6.07) is 13.2. The lowest BCUT2D eigenvalue weighted by molar-refractivity contribution is -0.137. The molecule has 1 heterocycles. The third kappa shape index (κ3) is 3.24. The van der Waals surface area contributed by atoms with Crippen LogP contribution in [0.15, 0.2) is 59.0 Å². The molecule has 0 saturated carbocycles. The van der Waals surface area contributed by atoms with E-state index in [-0.39, 0.29) is 17.3 Å². The third-order valence-corrected chi connectivity index (χ3v) is 3.22. The standard InChI is InChI=1S/C16H11F3N2O2/c17-16(18,19)12-8-4-7-11(9-12)13(22)15-21-20-14(23-15)10-5-2-1-3-6-10/h1-9,13,22H/t13-/m0/s1. The van der Waals surface area contributed by atoms with Gasteiger partial charge in [-0.15, -0.1) is 10.2 Å². The molecule has 3 rings (SSSR count). The van der Waals surface area contributed by atoms with Crippen LogP contribution < -0.4 is 0 Å². The van der Waals surface area contributed by atoms with Gasteiger partial charge in [0.05, 0.1) is 5.56 Å². The topological polar surface area (TPSA) is 59.2 Å². The molecule has 0 aliphatic rings. The van der Waals surface area contributed by atoms with E-state index in [4.69, 9.17) is 4.42 Å². The smallest absolute Gasteiger partial charge is 0.416 e. The van der Waals surface area contributed by atoms with Gasteiger partial charge < -0.3 is 9.52 Å². The summed E-state index contributed by atoms with van der Waals surface area (Å²) in [6.07, 6.45) is -5.91. The van der Waals surface area contributed by atoms with E-state index in [0.29, 0.717) is 5.56 Å². The highest BCUT2D eigenvalue weighted by molar-refractivity contribution is 5.51. The first-order valence-corrected chi connectivity index (χ1v) is 6.69. The fraction of sp³-hybridized carbons (Fsp3) is 0.125. The third-order valence-electron chi connectivity index (χ3n) is 3.22. The van der Waals surface area contributed by atoms with Crippen molar-refractivity contribution in [2.45, 2.75) is 12.3 Å². The molecule has 4 nitrogen and oxygen atoms in total. The van der Waals surface area contributed by atoms with Crippen molar-refractivity contribution < 1.29 is 22.7 Å². The normalized spacial score (nSPS) is 13.0. The lowest BCUT2D eigenvalue weighted by Gasteiger charge is -2.10. The molecule has 0 amide bonds. The van der Waals surface area contributed by atoms with E-state index in [1.54, 1.807) is 24.3 Å². The van der Waals surface area contributed by atoms with Crippen LogP contribution in [0, 0.1) is 0 Å². The van der Waals surface area contributed by atoms with Crippen molar-refractivity contribution in [3.63, 3.8) is 0 Å². The molecule has 23 heavy (non-hydrogen) atoms. The number of rotatable bonds is 3. The van der Waals surface area contributed by atoms with Crippen molar-refractivity contribution in [3.8, 4) is 11.5 Å². The first-order chi connectivity index (χ1) is 10.9. The molecule has 118 valence electrons. The van der Waals surface area contributed by atoms with Crippen LogP contribution in [0.1, 0.15) is 23.1 Å². The summed E-state index contributed by atoms with van der Waals surface area (Å²) < 4.78 is 43.5. The number of nitrogens with zero attached hydrogens (tertiary/aromatic N) is 2. The van der Waals surface area contributed by atoms with Crippen LogP contribution in [0.3, 0.4) is 0 Å². The van der Waals surface area contributed by atoms with Gasteiger partial charge in [0.1, 0.15) is 0 Å². The average molecular weight is 320 g/mol. The molecule has 0 radical (unpaired) electrons. The van der Waals surface area contributed by atoms with Gasteiger partial charge in [0.25, 0.3) is 0 Å². The van der Waals surface area contributed by atoms with Crippen molar-refractivity contribution in [1.29, 1.82) is 0 Å². The van der Waals surface area contributed by atoms with Crippen LogP contribution in [0.2, 0.25) is 0 Å². The fourth-order valence-corrected chi connectivity index (χ4v) is 2.07. The highest BCUT2D eigenvalue weighted by Gasteiger charge is 2.31. The molecule has 7 heteroatoms. The van der Waals surface area contributed by atoms with Crippen molar-refractivity contribution in [1.82, 2.24) is 10.2 Å². The van der Waals surface area contributed by atoms with Crippen LogP contribution in [-0.4, -0.2) is 15.3 Å². The first-order valence-electron chi connectivity index (χ1n) is 6.69. The summed E-state index contributed by atoms with van der Waals surface area (Å²) in [5, 5.41) is 17.7. The number of hydrogen-bond donors (Lipinski definition) is 1. The lowest BCUT2D eigenvalue weighted by Crippen LogP contribution is -2.07. The Hall–Kier alpha value is -2.67. The van der Waals surface area contributed by atoms with E-state index in [0.717, 1.165) is 12.1 Å². The summed E-state index contributed by atoms with van der Waals surface area (Å²) in [7, 11) is 0. The van der Waals surface area contributed by atoms with E-state index < -0.39 is 17.8 Å². The number of benzene rings is 2. The van der Waals surface area contributed by atoms with Gasteiger partial charge >= 0.3 is 6.18 Å². The molecule has 0 saturated heterocycles. The van der Waals surface area contributed by atoms with E-state index in [2.05, 4.69) is 10.2 Å². The molecule has 1 N–H and O–H groups in total. The molecule has 1 atom stereocenters. The van der Waals surface area contributed by atoms with Crippen molar-refractivity contribution in [3.05, 3.63) is 71.6 Å². The van der Waals surface area contributed by atoms with Gasteiger partial charge in [-0.1, -0.05) is 30.3 Å². The monoisotopic (exact) mass is 320 g/mol.